The molecular formula is C57H38N4OSi. The minimum absolute atomic E-state index is 0.539. The number of fused-ring (bicyclic) bond motifs is 6. The largest absolute Gasteiger partial charge is 0.455 e. The number of hydrogen-bond acceptors (Lipinski definition) is 4. The van der Waals surface area contributed by atoms with E-state index in [9.17, 15) is 0 Å². The van der Waals surface area contributed by atoms with Gasteiger partial charge in [-0.05, 0) is 32.9 Å². The molecule has 6 heteroatoms. The van der Waals surface area contributed by atoms with Crippen LogP contribution in [0.4, 0.5) is 0 Å². The van der Waals surface area contributed by atoms with Gasteiger partial charge in [-0.1, -0.05) is 218 Å². The normalized spacial score (nSPS) is 11.8. The first kappa shape index (κ1) is 36.6. The van der Waals surface area contributed by atoms with Crippen molar-refractivity contribution in [3.05, 3.63) is 231 Å². The van der Waals surface area contributed by atoms with Crippen LogP contribution in [0.3, 0.4) is 0 Å². The molecule has 12 rings (SSSR count). The highest BCUT2D eigenvalue weighted by molar-refractivity contribution is 7.19. The standard InChI is InChI=1S/C57H38N4OSi/c1-5-20-39(21-6-1)55-58-56(40-22-17-29-44(38-40)63(41-23-7-2-8-24-41,42-25-9-3-10-26-42)43-27-11-4-12-28-43)60-57(59-55)61-51-36-15-13-30-45(51)47-32-18-33-48(53(47)61)50-35-19-34-49-46-31-14-16-37-52(46)62-54(49)50/h1-38H. The Bertz CT molecular complexity index is 3530. The SMILES string of the molecule is c1ccc(-c2nc(-c3cccc([Si](c4ccccc4)(c4ccccc4)c4ccccc4)c3)nc(-n3c4ccccc4c4cccc(-c5cccc6c5oc5ccccc56)c43)n2)cc1. The molecule has 0 fully saturated rings. The van der Waals surface area contributed by atoms with Gasteiger partial charge in [-0.2, -0.15) is 9.97 Å². The van der Waals surface area contributed by atoms with Gasteiger partial charge in [-0.15, -0.1) is 0 Å². The number of hydrogen-bond donors (Lipinski definition) is 0. The first-order chi connectivity index (χ1) is 31.3. The van der Waals surface area contributed by atoms with Crippen LogP contribution in [0.1, 0.15) is 0 Å². The van der Waals surface area contributed by atoms with Crippen molar-refractivity contribution in [2.75, 3.05) is 0 Å². The maximum atomic E-state index is 6.65. The zero-order valence-corrected chi connectivity index (χ0v) is 35.1. The molecule has 9 aromatic carbocycles. The summed E-state index contributed by atoms with van der Waals surface area (Å²) in [5.74, 6) is 1.74. The van der Waals surface area contributed by atoms with Gasteiger partial charge in [0.1, 0.15) is 11.2 Å². The molecule has 5 nitrogen and oxygen atoms in total. The number of aromatic nitrogens is 4. The van der Waals surface area contributed by atoms with Gasteiger partial charge in [0, 0.05) is 43.8 Å². The summed E-state index contributed by atoms with van der Waals surface area (Å²) in [6.45, 7) is 0. The van der Waals surface area contributed by atoms with E-state index in [4.69, 9.17) is 19.4 Å². The Morgan fingerprint density at radius 3 is 1.54 bits per heavy atom. The molecule has 0 bridgehead atoms. The van der Waals surface area contributed by atoms with Crippen LogP contribution in [-0.2, 0) is 0 Å². The third kappa shape index (κ3) is 5.95. The highest BCUT2D eigenvalue weighted by Gasteiger charge is 2.41. The maximum Gasteiger partial charge on any atom is 0.238 e. The molecule has 3 heterocycles. The summed E-state index contributed by atoms with van der Waals surface area (Å²) < 4.78 is 8.87. The molecule has 0 atom stereocenters. The molecule has 0 N–H and O–H groups in total. The number of benzene rings is 9. The topological polar surface area (TPSA) is 56.7 Å². The number of nitrogens with zero attached hydrogens (tertiary/aromatic N) is 4. The van der Waals surface area contributed by atoms with Gasteiger partial charge in [0.15, 0.2) is 19.7 Å². The fourth-order valence-electron chi connectivity index (χ4n) is 9.67. The first-order valence-corrected chi connectivity index (χ1v) is 23.3. The van der Waals surface area contributed by atoms with Crippen LogP contribution in [0.15, 0.2) is 235 Å². The Morgan fingerprint density at radius 1 is 0.365 bits per heavy atom. The summed E-state index contributed by atoms with van der Waals surface area (Å²) >= 11 is 0. The van der Waals surface area contributed by atoms with Crippen molar-refractivity contribution in [1.29, 1.82) is 0 Å². The fraction of sp³-hybridized carbons (Fsp3) is 0. The zero-order chi connectivity index (χ0) is 41.7. The molecule has 12 aromatic rings. The molecule has 0 saturated heterocycles. The van der Waals surface area contributed by atoms with Crippen molar-refractivity contribution in [2.45, 2.75) is 0 Å². The average Bonchev–Trinajstić information content (AvgIpc) is 3.92. The highest BCUT2D eigenvalue weighted by atomic mass is 28.3. The second kappa shape index (κ2) is 15.1. The van der Waals surface area contributed by atoms with Crippen LogP contribution in [0.2, 0.25) is 0 Å². The Kier molecular flexibility index (Phi) is 8.76. The van der Waals surface area contributed by atoms with E-state index in [2.05, 4.69) is 205 Å². The Hall–Kier alpha value is -8.19. The molecular weight excluding hydrogens is 785 g/mol. The van der Waals surface area contributed by atoms with Crippen LogP contribution in [-0.4, -0.2) is 27.6 Å². The van der Waals surface area contributed by atoms with E-state index in [-0.39, 0.29) is 0 Å². The number of rotatable bonds is 8. The molecule has 3 aromatic heterocycles. The second-order valence-electron chi connectivity index (χ2n) is 15.9. The van der Waals surface area contributed by atoms with Crippen LogP contribution < -0.4 is 20.7 Å². The molecule has 0 amide bonds. The van der Waals surface area contributed by atoms with Crippen LogP contribution in [0.5, 0.6) is 0 Å². The van der Waals surface area contributed by atoms with Crippen molar-refractivity contribution < 1.29 is 4.42 Å². The summed E-state index contributed by atoms with van der Waals surface area (Å²) in [7, 11) is -2.85. The lowest BCUT2D eigenvalue weighted by atomic mass is 9.99. The van der Waals surface area contributed by atoms with Crippen LogP contribution in [0, 0.1) is 0 Å². The predicted octanol–water partition coefficient (Wildman–Crippen LogP) is 11.2. The van der Waals surface area contributed by atoms with E-state index in [0.29, 0.717) is 17.6 Å². The van der Waals surface area contributed by atoms with E-state index in [1.54, 1.807) is 0 Å². The van der Waals surface area contributed by atoms with Crippen LogP contribution >= 0.6 is 0 Å². The lowest BCUT2D eigenvalue weighted by Crippen LogP contribution is -2.74. The lowest BCUT2D eigenvalue weighted by molar-refractivity contribution is 0.670. The van der Waals surface area contributed by atoms with E-state index in [1.807, 2.05) is 30.3 Å². The lowest BCUT2D eigenvalue weighted by Gasteiger charge is -2.34. The predicted molar refractivity (Wildman–Crippen MR) is 261 cm³/mol. The van der Waals surface area contributed by atoms with Crippen molar-refractivity contribution in [3.8, 4) is 39.9 Å². The Morgan fingerprint density at radius 2 is 0.857 bits per heavy atom. The van der Waals surface area contributed by atoms with E-state index >= 15 is 0 Å². The van der Waals surface area contributed by atoms with Gasteiger partial charge in [0.05, 0.1) is 11.0 Å². The molecule has 296 valence electrons. The molecule has 63 heavy (non-hydrogen) atoms. The minimum atomic E-state index is -2.85. The van der Waals surface area contributed by atoms with Gasteiger partial charge < -0.3 is 4.42 Å². The van der Waals surface area contributed by atoms with Gasteiger partial charge in [0.2, 0.25) is 5.95 Å². The molecule has 0 saturated carbocycles. The summed E-state index contributed by atoms with van der Waals surface area (Å²) in [6.07, 6.45) is 0. The first-order valence-electron chi connectivity index (χ1n) is 21.3. The van der Waals surface area contributed by atoms with Crippen molar-refractivity contribution in [2.24, 2.45) is 0 Å². The van der Waals surface area contributed by atoms with Gasteiger partial charge in [0.25, 0.3) is 0 Å². The Balaban J connectivity index is 1.13. The molecule has 0 aliphatic heterocycles. The minimum Gasteiger partial charge on any atom is -0.455 e. The second-order valence-corrected chi connectivity index (χ2v) is 19.7. The molecule has 0 aliphatic carbocycles. The molecule has 0 radical (unpaired) electrons. The quantitative estimate of drug-likeness (QED) is 0.113. The maximum absolute atomic E-state index is 6.65. The van der Waals surface area contributed by atoms with Gasteiger partial charge >= 0.3 is 0 Å². The number of furan rings is 1. The van der Waals surface area contributed by atoms with E-state index < -0.39 is 8.07 Å². The zero-order valence-electron chi connectivity index (χ0n) is 34.1. The highest BCUT2D eigenvalue weighted by Crippen LogP contribution is 2.42. The Labute approximate surface area is 365 Å². The van der Waals surface area contributed by atoms with E-state index in [0.717, 1.165) is 66.0 Å². The fourth-order valence-corrected chi connectivity index (χ4v) is 14.5. The van der Waals surface area contributed by atoms with Gasteiger partial charge in [-0.25, -0.2) is 4.98 Å². The summed E-state index contributed by atoms with van der Waals surface area (Å²) in [5, 5.41) is 9.54. The van der Waals surface area contributed by atoms with Crippen LogP contribution in [0.25, 0.3) is 83.6 Å². The third-order valence-corrected chi connectivity index (χ3v) is 17.2. The molecule has 0 spiro atoms. The summed E-state index contributed by atoms with van der Waals surface area (Å²) in [4.78, 5) is 16.1. The van der Waals surface area contributed by atoms with E-state index in [1.165, 1.54) is 20.7 Å². The van der Waals surface area contributed by atoms with Gasteiger partial charge in [-0.3, -0.25) is 4.57 Å². The molecule has 0 unspecified atom stereocenters. The average molecular weight is 823 g/mol. The summed E-state index contributed by atoms with van der Waals surface area (Å²) in [6, 6.07) is 81.9. The van der Waals surface area contributed by atoms with Crippen molar-refractivity contribution >= 4 is 72.6 Å². The third-order valence-electron chi connectivity index (χ3n) is 12.4. The monoisotopic (exact) mass is 822 g/mol. The number of para-hydroxylation sites is 4. The smallest absolute Gasteiger partial charge is 0.238 e. The van der Waals surface area contributed by atoms with Crippen molar-refractivity contribution in [1.82, 2.24) is 19.5 Å². The molecule has 0 aliphatic rings. The summed E-state index contributed by atoms with van der Waals surface area (Å²) in [5.41, 5.74) is 7.59. The van der Waals surface area contributed by atoms with Crippen molar-refractivity contribution in [3.63, 3.8) is 0 Å².